The number of rotatable bonds is 6. The van der Waals surface area contributed by atoms with Gasteiger partial charge in [0.25, 0.3) is 5.91 Å². The number of nitrogens with one attached hydrogen (secondary N) is 2. The van der Waals surface area contributed by atoms with Crippen molar-refractivity contribution in [1.29, 1.82) is 0 Å². The molecule has 2 aromatic carbocycles. The largest absolute Gasteiger partial charge is 0.355 e. The molecule has 0 aliphatic rings. The molecule has 0 aromatic heterocycles. The summed E-state index contributed by atoms with van der Waals surface area (Å²) in [7, 11) is 3.40. The van der Waals surface area contributed by atoms with Crippen LogP contribution in [0, 0.1) is 5.82 Å². The van der Waals surface area contributed by atoms with Gasteiger partial charge in [-0.1, -0.05) is 24.3 Å². The highest BCUT2D eigenvalue weighted by molar-refractivity contribution is 5.95. The van der Waals surface area contributed by atoms with Gasteiger partial charge in [-0.05, 0) is 43.8 Å². The topological polar surface area (TPSA) is 61.4 Å². The average molecular weight is 343 g/mol. The van der Waals surface area contributed by atoms with Crippen LogP contribution < -0.4 is 10.6 Å². The molecule has 2 rings (SSSR count). The fraction of sp³-hybridized carbons (Fsp3) is 0.263. The summed E-state index contributed by atoms with van der Waals surface area (Å²) < 4.78 is 13.6. The number of halogens is 1. The lowest BCUT2D eigenvalue weighted by atomic mass is 10.1. The first-order chi connectivity index (χ1) is 11.9. The molecule has 0 saturated carbocycles. The normalized spacial score (nSPS) is 11.9. The number of nitrogens with zero attached hydrogens (tertiary/aromatic N) is 1. The van der Waals surface area contributed by atoms with Gasteiger partial charge in [-0.15, -0.1) is 0 Å². The molecular weight excluding hydrogens is 321 g/mol. The summed E-state index contributed by atoms with van der Waals surface area (Å²) in [5.41, 5.74) is 1.72. The first-order valence-corrected chi connectivity index (χ1v) is 7.99. The van der Waals surface area contributed by atoms with Crippen LogP contribution in [0.15, 0.2) is 48.5 Å². The third kappa shape index (κ3) is 4.87. The van der Waals surface area contributed by atoms with Gasteiger partial charge in [-0.25, -0.2) is 4.39 Å². The SMILES string of the molecule is CNC(=O)c1ccc(CN(C)C(C)C(=O)Nc2ccccc2F)cc1. The number of hydrogen-bond acceptors (Lipinski definition) is 3. The van der Waals surface area contributed by atoms with Crippen LogP contribution in [0.4, 0.5) is 10.1 Å². The number of hydrogen-bond donors (Lipinski definition) is 2. The second-order valence-electron chi connectivity index (χ2n) is 5.84. The van der Waals surface area contributed by atoms with E-state index in [1.165, 1.54) is 12.1 Å². The highest BCUT2D eigenvalue weighted by Gasteiger charge is 2.19. The molecule has 2 N–H and O–H groups in total. The van der Waals surface area contributed by atoms with Crippen molar-refractivity contribution in [2.24, 2.45) is 0 Å². The van der Waals surface area contributed by atoms with Gasteiger partial charge in [0.1, 0.15) is 5.82 Å². The van der Waals surface area contributed by atoms with Gasteiger partial charge in [0.2, 0.25) is 5.91 Å². The third-order valence-corrected chi connectivity index (χ3v) is 4.05. The van der Waals surface area contributed by atoms with E-state index in [0.717, 1.165) is 5.56 Å². The van der Waals surface area contributed by atoms with Crippen LogP contribution in [0.3, 0.4) is 0 Å². The fourth-order valence-electron chi connectivity index (χ4n) is 2.33. The summed E-state index contributed by atoms with van der Waals surface area (Å²) in [5, 5.41) is 5.17. The van der Waals surface area contributed by atoms with Crippen molar-refractivity contribution in [3.05, 3.63) is 65.5 Å². The van der Waals surface area contributed by atoms with Crippen molar-refractivity contribution in [2.75, 3.05) is 19.4 Å². The van der Waals surface area contributed by atoms with Crippen LogP contribution in [0.2, 0.25) is 0 Å². The standard InChI is InChI=1S/C19H22FN3O2/c1-13(18(24)22-17-7-5-4-6-16(17)20)23(3)12-14-8-10-15(11-9-14)19(25)21-2/h4-11,13H,12H2,1-3H3,(H,21,25)(H,22,24). The molecule has 0 radical (unpaired) electrons. The summed E-state index contributed by atoms with van der Waals surface area (Å²) in [5.74, 6) is -0.886. The Morgan fingerprint density at radius 1 is 1.12 bits per heavy atom. The first kappa shape index (κ1) is 18.6. The van der Waals surface area contributed by atoms with Crippen LogP contribution >= 0.6 is 0 Å². The molecule has 0 aliphatic heterocycles. The third-order valence-electron chi connectivity index (χ3n) is 4.05. The zero-order valence-corrected chi connectivity index (χ0v) is 14.5. The van der Waals surface area contributed by atoms with Crippen molar-refractivity contribution in [3.8, 4) is 0 Å². The van der Waals surface area contributed by atoms with Crippen LogP contribution in [0.1, 0.15) is 22.8 Å². The van der Waals surface area contributed by atoms with Gasteiger partial charge >= 0.3 is 0 Å². The number of para-hydroxylation sites is 1. The fourth-order valence-corrected chi connectivity index (χ4v) is 2.33. The molecule has 132 valence electrons. The predicted octanol–water partition coefficient (Wildman–Crippen LogP) is 2.64. The molecule has 0 heterocycles. The summed E-state index contributed by atoms with van der Waals surface area (Å²) in [6.45, 7) is 2.29. The quantitative estimate of drug-likeness (QED) is 0.848. The van der Waals surface area contributed by atoms with E-state index in [4.69, 9.17) is 0 Å². The highest BCUT2D eigenvalue weighted by Crippen LogP contribution is 2.14. The lowest BCUT2D eigenvalue weighted by molar-refractivity contribution is -0.120. The van der Waals surface area contributed by atoms with E-state index in [1.54, 1.807) is 38.2 Å². The molecular formula is C19H22FN3O2. The van der Waals surface area contributed by atoms with E-state index in [-0.39, 0.29) is 17.5 Å². The number of carbonyl (C=O) groups is 2. The molecule has 6 heteroatoms. The number of likely N-dealkylation sites (N-methyl/N-ethyl adjacent to an activating group) is 1. The molecule has 1 unspecified atom stereocenters. The van der Waals surface area contributed by atoms with E-state index >= 15 is 0 Å². The van der Waals surface area contributed by atoms with Crippen LogP contribution in [-0.4, -0.2) is 36.9 Å². The van der Waals surface area contributed by atoms with Crippen molar-refractivity contribution < 1.29 is 14.0 Å². The monoisotopic (exact) mass is 343 g/mol. The summed E-state index contributed by atoms with van der Waals surface area (Å²) in [6.07, 6.45) is 0. The summed E-state index contributed by atoms with van der Waals surface area (Å²) in [4.78, 5) is 25.7. The minimum atomic E-state index is -0.463. The van der Waals surface area contributed by atoms with Gasteiger partial charge < -0.3 is 10.6 Å². The lowest BCUT2D eigenvalue weighted by Gasteiger charge is -2.24. The molecule has 2 amide bonds. The van der Waals surface area contributed by atoms with E-state index in [2.05, 4.69) is 10.6 Å². The Kier molecular flexibility index (Phi) is 6.25. The number of amides is 2. The van der Waals surface area contributed by atoms with Crippen molar-refractivity contribution in [2.45, 2.75) is 19.5 Å². The second kappa shape index (κ2) is 8.39. The second-order valence-corrected chi connectivity index (χ2v) is 5.84. The van der Waals surface area contributed by atoms with E-state index in [9.17, 15) is 14.0 Å². The lowest BCUT2D eigenvalue weighted by Crippen LogP contribution is -2.39. The smallest absolute Gasteiger partial charge is 0.251 e. The van der Waals surface area contributed by atoms with Gasteiger partial charge in [-0.3, -0.25) is 14.5 Å². The summed E-state index contributed by atoms with van der Waals surface area (Å²) >= 11 is 0. The maximum absolute atomic E-state index is 13.6. The Morgan fingerprint density at radius 3 is 2.36 bits per heavy atom. The zero-order valence-electron chi connectivity index (χ0n) is 14.5. The van der Waals surface area contributed by atoms with Gasteiger partial charge in [0.05, 0.1) is 11.7 Å². The maximum atomic E-state index is 13.6. The van der Waals surface area contributed by atoms with Gasteiger partial charge in [0.15, 0.2) is 0 Å². The number of anilines is 1. The zero-order chi connectivity index (χ0) is 18.4. The molecule has 1 atom stereocenters. The molecule has 0 aliphatic carbocycles. The minimum absolute atomic E-state index is 0.141. The molecule has 5 nitrogen and oxygen atoms in total. The van der Waals surface area contributed by atoms with Crippen molar-refractivity contribution in [3.63, 3.8) is 0 Å². The Morgan fingerprint density at radius 2 is 1.76 bits per heavy atom. The first-order valence-electron chi connectivity index (χ1n) is 7.99. The Bertz CT molecular complexity index is 747. The number of carbonyl (C=O) groups excluding carboxylic acids is 2. The Hall–Kier alpha value is -2.73. The van der Waals surface area contributed by atoms with Crippen molar-refractivity contribution >= 4 is 17.5 Å². The molecule has 0 spiro atoms. The van der Waals surface area contributed by atoms with Gasteiger partial charge in [-0.2, -0.15) is 0 Å². The van der Waals surface area contributed by atoms with Gasteiger partial charge in [0, 0.05) is 19.2 Å². The van der Waals surface area contributed by atoms with E-state index in [1.807, 2.05) is 24.1 Å². The van der Waals surface area contributed by atoms with Crippen LogP contribution in [0.25, 0.3) is 0 Å². The molecule has 2 aromatic rings. The highest BCUT2D eigenvalue weighted by atomic mass is 19.1. The van der Waals surface area contributed by atoms with Crippen LogP contribution in [0.5, 0.6) is 0 Å². The molecule has 0 bridgehead atoms. The Balaban J connectivity index is 1.97. The average Bonchev–Trinajstić information content (AvgIpc) is 2.62. The molecule has 0 saturated heterocycles. The minimum Gasteiger partial charge on any atom is -0.355 e. The molecule has 25 heavy (non-hydrogen) atoms. The van der Waals surface area contributed by atoms with Crippen LogP contribution in [-0.2, 0) is 11.3 Å². The van der Waals surface area contributed by atoms with E-state index in [0.29, 0.717) is 12.1 Å². The predicted molar refractivity (Wildman–Crippen MR) is 95.8 cm³/mol. The maximum Gasteiger partial charge on any atom is 0.251 e. The van der Waals surface area contributed by atoms with E-state index < -0.39 is 11.9 Å². The summed E-state index contributed by atoms with van der Waals surface area (Å²) in [6, 6.07) is 12.8. The molecule has 0 fully saturated rings. The Labute approximate surface area is 146 Å². The van der Waals surface area contributed by atoms with Crippen molar-refractivity contribution in [1.82, 2.24) is 10.2 Å². The number of benzene rings is 2.